The first-order chi connectivity index (χ1) is 19.6. The van der Waals surface area contributed by atoms with Gasteiger partial charge in [0.1, 0.15) is 18.4 Å². The van der Waals surface area contributed by atoms with Crippen LogP contribution < -0.4 is 10.6 Å². The molecule has 2 aromatic carbocycles. The summed E-state index contributed by atoms with van der Waals surface area (Å²) in [7, 11) is -2.41. The number of carbonyl (C=O) groups excluding carboxylic acids is 3. The van der Waals surface area contributed by atoms with Gasteiger partial charge in [-0.1, -0.05) is 18.2 Å². The first kappa shape index (κ1) is 29.0. The molecule has 0 saturated carbocycles. The lowest BCUT2D eigenvalue weighted by Gasteiger charge is -2.32. The maximum Gasteiger partial charge on any atom is 0.408 e. The summed E-state index contributed by atoms with van der Waals surface area (Å²) in [5.41, 5.74) is -0.976. The Hall–Kier alpha value is -4.47. The van der Waals surface area contributed by atoms with Gasteiger partial charge in [0.15, 0.2) is 15.4 Å². The molecular weight excluding hydrogens is 584 g/mol. The van der Waals surface area contributed by atoms with Gasteiger partial charge in [-0.3, -0.25) is 19.2 Å². The minimum Gasteiger partial charge on any atom is -0.353 e. The average molecular weight is 609 g/mol. The zero-order chi connectivity index (χ0) is 30.6. The van der Waals surface area contributed by atoms with Crippen LogP contribution in [-0.2, 0) is 38.6 Å². The lowest BCUT2D eigenvalue weighted by Crippen LogP contribution is -2.51. The molecule has 222 valence electrons. The van der Waals surface area contributed by atoms with Crippen LogP contribution in [0.15, 0.2) is 59.8 Å². The second-order valence-electron chi connectivity index (χ2n) is 10.1. The highest BCUT2D eigenvalue weighted by atomic mass is 32.2. The third-order valence-electron chi connectivity index (χ3n) is 7.17. The molecule has 0 bridgehead atoms. The molecular formula is C26H24F4N6O5S. The van der Waals surface area contributed by atoms with Crippen LogP contribution in [0.2, 0.25) is 0 Å². The number of hydrogen-bond donors (Lipinski definition) is 2. The Morgan fingerprint density at radius 1 is 1.17 bits per heavy atom. The molecule has 1 unspecified atom stereocenters. The number of imide groups is 1. The molecule has 4 amide bonds. The predicted molar refractivity (Wildman–Crippen MR) is 139 cm³/mol. The molecule has 2 aliphatic heterocycles. The number of halogens is 4. The van der Waals surface area contributed by atoms with Gasteiger partial charge in [0.05, 0.1) is 22.5 Å². The Bertz CT molecular complexity index is 1690. The van der Waals surface area contributed by atoms with E-state index < -0.39 is 70.1 Å². The maximum atomic E-state index is 13.7. The number of aryl methyl sites for hydroxylation is 1. The molecule has 0 aliphatic carbocycles. The number of anilines is 2. The Morgan fingerprint density at radius 2 is 1.86 bits per heavy atom. The van der Waals surface area contributed by atoms with Crippen molar-refractivity contribution in [1.82, 2.24) is 24.9 Å². The van der Waals surface area contributed by atoms with Crippen LogP contribution in [0, 0.1) is 5.82 Å². The molecule has 3 heterocycles. The minimum absolute atomic E-state index is 0.0284. The summed E-state index contributed by atoms with van der Waals surface area (Å²) in [6, 6.07) is 5.16. The maximum absolute atomic E-state index is 13.7. The molecule has 42 heavy (non-hydrogen) atoms. The van der Waals surface area contributed by atoms with Crippen LogP contribution in [0.25, 0.3) is 0 Å². The standard InChI is InChI=1S/C26H24F4N6O5S/c1-15(26(28,29)30)35(11-16-3-5-17(27)6-4-16)22(37)13-36-23(38)25(33-24(36)39)14-42(40,41)21-9-18(7-8-20(21)25)32-19-10-31-34(2)12-19/h3-10,12,15,32H,11,13-14H2,1-2H3,(H,33,39)/t15-,25?/m0/s1. The lowest BCUT2D eigenvalue weighted by molar-refractivity contribution is -0.187. The molecule has 3 aromatic rings. The number of hydrogen-bond acceptors (Lipinski definition) is 7. The van der Waals surface area contributed by atoms with Crippen molar-refractivity contribution < 1.29 is 40.4 Å². The van der Waals surface area contributed by atoms with Crippen LogP contribution >= 0.6 is 0 Å². The van der Waals surface area contributed by atoms with Crippen LogP contribution in [-0.4, -0.2) is 70.4 Å². The highest BCUT2D eigenvalue weighted by Crippen LogP contribution is 2.43. The van der Waals surface area contributed by atoms with E-state index in [-0.39, 0.29) is 16.0 Å². The average Bonchev–Trinajstić information content (AvgIpc) is 3.49. The highest BCUT2D eigenvalue weighted by molar-refractivity contribution is 7.92. The topological polar surface area (TPSA) is 134 Å². The predicted octanol–water partition coefficient (Wildman–Crippen LogP) is 2.82. The van der Waals surface area contributed by atoms with Crippen molar-refractivity contribution >= 4 is 39.1 Å². The number of aromatic nitrogens is 2. The van der Waals surface area contributed by atoms with E-state index >= 15 is 0 Å². The van der Waals surface area contributed by atoms with Crippen LogP contribution in [0.4, 0.5) is 33.7 Å². The van der Waals surface area contributed by atoms with Crippen LogP contribution in [0.5, 0.6) is 0 Å². The summed E-state index contributed by atoms with van der Waals surface area (Å²) in [4.78, 5) is 40.4. The molecule has 11 nitrogen and oxygen atoms in total. The number of urea groups is 1. The number of amides is 4. The third kappa shape index (κ3) is 5.17. The van der Waals surface area contributed by atoms with E-state index in [2.05, 4.69) is 15.7 Å². The van der Waals surface area contributed by atoms with Crippen molar-refractivity contribution in [3.63, 3.8) is 0 Å². The zero-order valence-electron chi connectivity index (χ0n) is 22.1. The van der Waals surface area contributed by atoms with E-state index in [1.165, 1.54) is 41.2 Å². The molecule has 1 spiro atoms. The minimum atomic E-state index is -4.85. The van der Waals surface area contributed by atoms with E-state index in [1.807, 2.05) is 0 Å². The number of fused-ring (bicyclic) bond motifs is 2. The van der Waals surface area contributed by atoms with Gasteiger partial charge < -0.3 is 15.5 Å². The number of nitrogens with one attached hydrogen (secondary N) is 2. The van der Waals surface area contributed by atoms with Crippen molar-refractivity contribution in [3.8, 4) is 0 Å². The fourth-order valence-corrected chi connectivity index (χ4v) is 6.94. The number of alkyl halides is 3. The Balaban J connectivity index is 1.42. The summed E-state index contributed by atoms with van der Waals surface area (Å²) in [6.45, 7) is -0.922. The van der Waals surface area contributed by atoms with Gasteiger partial charge in [-0.25, -0.2) is 17.6 Å². The summed E-state index contributed by atoms with van der Waals surface area (Å²) >= 11 is 0. The number of nitrogens with zero attached hydrogens (tertiary/aromatic N) is 4. The first-order valence-corrected chi connectivity index (χ1v) is 14.1. The normalized spacial score (nSPS) is 20.0. The van der Waals surface area contributed by atoms with Gasteiger partial charge in [0.2, 0.25) is 5.91 Å². The van der Waals surface area contributed by atoms with Crippen LogP contribution in [0.3, 0.4) is 0 Å². The van der Waals surface area contributed by atoms with Crippen LogP contribution in [0.1, 0.15) is 18.1 Å². The van der Waals surface area contributed by atoms with Gasteiger partial charge in [-0.05, 0) is 36.8 Å². The van der Waals surface area contributed by atoms with E-state index in [4.69, 9.17) is 0 Å². The molecule has 5 rings (SSSR count). The smallest absolute Gasteiger partial charge is 0.353 e. The number of sulfone groups is 1. The van der Waals surface area contributed by atoms with Gasteiger partial charge >= 0.3 is 12.2 Å². The van der Waals surface area contributed by atoms with Crippen molar-refractivity contribution in [2.24, 2.45) is 7.05 Å². The summed E-state index contributed by atoms with van der Waals surface area (Å²) in [5, 5.41) is 9.37. The monoisotopic (exact) mass is 608 g/mol. The Morgan fingerprint density at radius 3 is 2.48 bits per heavy atom. The fourth-order valence-electron chi connectivity index (χ4n) is 4.98. The molecule has 1 fully saturated rings. The second kappa shape index (κ2) is 10.1. The van der Waals surface area contributed by atoms with E-state index in [0.717, 1.165) is 19.1 Å². The molecule has 1 saturated heterocycles. The van der Waals surface area contributed by atoms with Crippen molar-refractivity contribution in [2.75, 3.05) is 17.6 Å². The SMILES string of the molecule is C[C@H](N(Cc1ccc(F)cc1)C(=O)CN1C(=O)NC2(CS(=O)(=O)c3cc(Nc4cnn(C)c4)ccc32)C1=O)C(F)(F)F. The molecule has 2 N–H and O–H groups in total. The van der Waals surface area contributed by atoms with Gasteiger partial charge in [0.25, 0.3) is 5.91 Å². The van der Waals surface area contributed by atoms with Gasteiger partial charge in [0, 0.05) is 31.0 Å². The number of benzene rings is 2. The lowest BCUT2D eigenvalue weighted by atomic mass is 9.92. The first-order valence-electron chi connectivity index (χ1n) is 12.5. The van der Waals surface area contributed by atoms with E-state index in [0.29, 0.717) is 21.2 Å². The van der Waals surface area contributed by atoms with E-state index in [9.17, 15) is 40.4 Å². The van der Waals surface area contributed by atoms with Gasteiger partial charge in [-0.2, -0.15) is 18.3 Å². The molecule has 1 aromatic heterocycles. The van der Waals surface area contributed by atoms with Crippen molar-refractivity contribution in [1.29, 1.82) is 0 Å². The zero-order valence-corrected chi connectivity index (χ0v) is 23.0. The van der Waals surface area contributed by atoms with E-state index in [1.54, 1.807) is 13.2 Å². The summed E-state index contributed by atoms with van der Waals surface area (Å²) in [6.07, 6.45) is -1.69. The highest BCUT2D eigenvalue weighted by Gasteiger charge is 2.60. The number of rotatable bonds is 7. The van der Waals surface area contributed by atoms with Gasteiger partial charge in [-0.15, -0.1) is 0 Å². The molecule has 16 heteroatoms. The summed E-state index contributed by atoms with van der Waals surface area (Å²) < 4.78 is 82.1. The Labute approximate surface area is 237 Å². The molecule has 0 radical (unpaired) electrons. The summed E-state index contributed by atoms with van der Waals surface area (Å²) in [5.74, 6) is -3.77. The molecule has 2 atom stereocenters. The molecule has 2 aliphatic rings. The van der Waals surface area contributed by atoms with Crippen molar-refractivity contribution in [3.05, 3.63) is 71.8 Å². The quantitative estimate of drug-likeness (QED) is 0.311. The third-order valence-corrected chi connectivity index (χ3v) is 8.99. The Kier molecular flexibility index (Phi) is 6.99. The number of carbonyl (C=O) groups is 3. The largest absolute Gasteiger partial charge is 0.408 e. The fraction of sp³-hybridized carbons (Fsp3) is 0.308. The second-order valence-corrected chi connectivity index (χ2v) is 12.0. The van der Waals surface area contributed by atoms with Crippen molar-refractivity contribution in [2.45, 2.75) is 36.1 Å².